The average molecular weight is 400 g/mol. The van der Waals surface area contributed by atoms with E-state index in [0.29, 0.717) is 15.3 Å². The van der Waals surface area contributed by atoms with E-state index in [1.54, 1.807) is 30.3 Å². The Balaban J connectivity index is 2.09. The minimum absolute atomic E-state index is 0.0492. The van der Waals surface area contributed by atoms with Gasteiger partial charge in [-0.3, -0.25) is 14.9 Å². The number of nitrogens with zero attached hydrogens (tertiary/aromatic N) is 2. The van der Waals surface area contributed by atoms with Crippen molar-refractivity contribution in [2.24, 2.45) is 0 Å². The molecule has 0 bridgehead atoms. The van der Waals surface area contributed by atoms with Crippen molar-refractivity contribution in [3.8, 4) is 10.4 Å². The summed E-state index contributed by atoms with van der Waals surface area (Å²) in [6.45, 7) is -0.876. The van der Waals surface area contributed by atoms with Crippen molar-refractivity contribution in [2.75, 3.05) is 13.6 Å². The van der Waals surface area contributed by atoms with Gasteiger partial charge >= 0.3 is 6.18 Å². The van der Waals surface area contributed by atoms with Crippen molar-refractivity contribution >= 4 is 29.0 Å². The van der Waals surface area contributed by atoms with E-state index in [2.05, 4.69) is 0 Å². The predicted molar refractivity (Wildman–Crippen MR) is 95.1 cm³/mol. The van der Waals surface area contributed by atoms with Gasteiger partial charge in [-0.1, -0.05) is 12.1 Å². The summed E-state index contributed by atoms with van der Waals surface area (Å²) in [6.07, 6.45) is -4.93. The van der Waals surface area contributed by atoms with Gasteiger partial charge in [-0.15, -0.1) is 11.3 Å². The molecule has 27 heavy (non-hydrogen) atoms. The Kier molecular flexibility index (Phi) is 6.34. The molecular formula is C17H15F3N2O4S. The van der Waals surface area contributed by atoms with E-state index in [1.165, 1.54) is 23.5 Å². The molecule has 2 aromatic rings. The van der Waals surface area contributed by atoms with E-state index in [9.17, 15) is 28.1 Å². The molecule has 0 spiro atoms. The summed E-state index contributed by atoms with van der Waals surface area (Å²) >= 11 is 1.20. The topological polar surface area (TPSA) is 83.7 Å². The number of amides is 1. The first-order valence-electron chi connectivity index (χ1n) is 7.61. The maximum atomic E-state index is 12.3. The van der Waals surface area contributed by atoms with Crippen LogP contribution in [0.15, 0.2) is 42.5 Å². The first kappa shape index (κ1) is 20.6. The van der Waals surface area contributed by atoms with Crippen LogP contribution >= 0.6 is 11.3 Å². The smallest absolute Gasteiger partial charge is 0.382 e. The highest BCUT2D eigenvalue weighted by Crippen LogP contribution is 2.35. The number of nitro benzene ring substituents is 1. The van der Waals surface area contributed by atoms with Crippen molar-refractivity contribution < 1.29 is 28.0 Å². The summed E-state index contributed by atoms with van der Waals surface area (Å²) in [7, 11) is 1.15. The Hall–Kier alpha value is -2.72. The van der Waals surface area contributed by atoms with E-state index in [1.807, 2.05) is 0 Å². The molecule has 1 amide bonds. The van der Waals surface area contributed by atoms with Crippen LogP contribution in [0.1, 0.15) is 4.88 Å². The average Bonchev–Trinajstić information content (AvgIpc) is 3.07. The number of benzene rings is 1. The Morgan fingerprint density at radius 2 is 2.00 bits per heavy atom. The lowest BCUT2D eigenvalue weighted by Gasteiger charge is -2.21. The second kappa shape index (κ2) is 8.31. The molecule has 144 valence electrons. The first-order valence-corrected chi connectivity index (χ1v) is 8.43. The van der Waals surface area contributed by atoms with Gasteiger partial charge in [0, 0.05) is 28.9 Å². The number of hydrogen-bond acceptors (Lipinski definition) is 5. The zero-order valence-corrected chi connectivity index (χ0v) is 14.8. The second-order valence-corrected chi connectivity index (χ2v) is 6.70. The fourth-order valence-electron chi connectivity index (χ4n) is 2.16. The van der Waals surface area contributed by atoms with E-state index in [0.717, 1.165) is 18.0 Å². The lowest BCUT2D eigenvalue weighted by molar-refractivity contribution is -0.384. The number of nitro groups is 1. The monoisotopic (exact) mass is 400 g/mol. The molecule has 2 rings (SSSR count). The van der Waals surface area contributed by atoms with E-state index in [-0.39, 0.29) is 5.69 Å². The predicted octanol–water partition coefficient (Wildman–Crippen LogP) is 3.72. The molecule has 1 aromatic carbocycles. The minimum atomic E-state index is -4.80. The van der Waals surface area contributed by atoms with Gasteiger partial charge in [0.25, 0.3) is 5.69 Å². The third-order valence-corrected chi connectivity index (χ3v) is 4.67. The van der Waals surface area contributed by atoms with Crippen LogP contribution < -0.4 is 0 Å². The Bertz CT molecular complexity index is 864. The SMILES string of the molecule is CN(CC(O)C(F)(F)F)C(=O)/C=C/c1ccc(-c2ccccc2[N+](=O)[O-])s1. The van der Waals surface area contributed by atoms with Crippen LogP contribution in [0.5, 0.6) is 0 Å². The van der Waals surface area contributed by atoms with Crippen LogP contribution in [-0.2, 0) is 4.79 Å². The fourth-order valence-corrected chi connectivity index (χ4v) is 3.11. The molecule has 0 fully saturated rings. The molecule has 1 unspecified atom stereocenters. The maximum Gasteiger partial charge on any atom is 0.416 e. The zero-order valence-electron chi connectivity index (χ0n) is 14.0. The fraction of sp³-hybridized carbons (Fsp3) is 0.235. The molecule has 1 aromatic heterocycles. The molecular weight excluding hydrogens is 385 g/mol. The molecule has 10 heteroatoms. The number of rotatable bonds is 6. The molecule has 0 radical (unpaired) electrons. The van der Waals surface area contributed by atoms with Gasteiger partial charge in [0.15, 0.2) is 6.10 Å². The highest BCUT2D eigenvalue weighted by atomic mass is 32.1. The molecule has 1 atom stereocenters. The quantitative estimate of drug-likeness (QED) is 0.455. The van der Waals surface area contributed by atoms with Crippen LogP contribution in [0.3, 0.4) is 0 Å². The number of halogens is 3. The minimum Gasteiger partial charge on any atom is -0.382 e. The Morgan fingerprint density at radius 1 is 1.33 bits per heavy atom. The van der Waals surface area contributed by atoms with Crippen molar-refractivity contribution in [1.29, 1.82) is 0 Å². The van der Waals surface area contributed by atoms with Gasteiger partial charge in [-0.25, -0.2) is 0 Å². The number of aliphatic hydroxyl groups is 1. The van der Waals surface area contributed by atoms with E-state index >= 15 is 0 Å². The zero-order chi connectivity index (χ0) is 20.2. The summed E-state index contributed by atoms with van der Waals surface area (Å²) in [5.41, 5.74) is 0.385. The van der Waals surface area contributed by atoms with E-state index < -0.39 is 29.7 Å². The van der Waals surface area contributed by atoms with Crippen molar-refractivity contribution in [2.45, 2.75) is 12.3 Å². The number of alkyl halides is 3. The van der Waals surface area contributed by atoms with Gasteiger partial charge in [0.2, 0.25) is 5.91 Å². The third kappa shape index (κ3) is 5.38. The number of thiophene rings is 1. The largest absolute Gasteiger partial charge is 0.416 e. The second-order valence-electron chi connectivity index (χ2n) is 5.59. The van der Waals surface area contributed by atoms with Gasteiger partial charge < -0.3 is 10.0 Å². The van der Waals surface area contributed by atoms with Crippen molar-refractivity contribution in [3.05, 3.63) is 57.5 Å². The summed E-state index contributed by atoms with van der Waals surface area (Å²) in [6, 6.07) is 9.52. The van der Waals surface area contributed by atoms with Gasteiger partial charge in [-0.05, 0) is 24.3 Å². The normalized spacial score (nSPS) is 12.9. The Morgan fingerprint density at radius 3 is 2.63 bits per heavy atom. The summed E-state index contributed by atoms with van der Waals surface area (Å²) in [4.78, 5) is 24.5. The van der Waals surface area contributed by atoms with Crippen LogP contribution in [0.4, 0.5) is 18.9 Å². The number of hydrogen-bond donors (Lipinski definition) is 1. The molecule has 1 N–H and O–H groups in total. The molecule has 0 aliphatic carbocycles. The third-order valence-electron chi connectivity index (χ3n) is 3.58. The summed E-state index contributed by atoms with van der Waals surface area (Å²) in [5.74, 6) is -0.709. The van der Waals surface area contributed by atoms with Crippen LogP contribution in [0, 0.1) is 10.1 Å². The molecule has 0 aliphatic rings. The molecule has 1 heterocycles. The van der Waals surface area contributed by atoms with Crippen molar-refractivity contribution in [1.82, 2.24) is 4.90 Å². The summed E-state index contributed by atoms with van der Waals surface area (Å²) in [5, 5.41) is 20.1. The van der Waals surface area contributed by atoms with E-state index in [4.69, 9.17) is 5.11 Å². The highest BCUT2D eigenvalue weighted by Gasteiger charge is 2.39. The number of para-hydroxylation sites is 1. The van der Waals surface area contributed by atoms with Crippen LogP contribution in [0.2, 0.25) is 0 Å². The van der Waals surface area contributed by atoms with Gasteiger partial charge in [0.05, 0.1) is 17.0 Å². The molecule has 6 nitrogen and oxygen atoms in total. The Labute approximate surface area is 156 Å². The number of carbonyl (C=O) groups excluding carboxylic acids is 1. The van der Waals surface area contributed by atoms with Gasteiger partial charge in [-0.2, -0.15) is 13.2 Å². The van der Waals surface area contributed by atoms with Crippen LogP contribution in [-0.4, -0.2) is 46.7 Å². The molecule has 0 aliphatic heterocycles. The van der Waals surface area contributed by atoms with Crippen molar-refractivity contribution in [3.63, 3.8) is 0 Å². The van der Waals surface area contributed by atoms with Gasteiger partial charge in [0.1, 0.15) is 0 Å². The number of carbonyl (C=O) groups is 1. The number of aliphatic hydroxyl groups excluding tert-OH is 1. The van der Waals surface area contributed by atoms with Crippen LogP contribution in [0.25, 0.3) is 16.5 Å². The lowest BCUT2D eigenvalue weighted by atomic mass is 10.1. The maximum absolute atomic E-state index is 12.3. The standard InChI is InChI=1S/C17H15F3N2O4S/c1-21(10-15(23)17(18,19)20)16(24)9-7-11-6-8-14(27-11)12-4-2-3-5-13(12)22(25)26/h2-9,15,23H,10H2,1H3/b9-7+. The highest BCUT2D eigenvalue weighted by molar-refractivity contribution is 7.16. The molecule has 0 saturated heterocycles. The lowest BCUT2D eigenvalue weighted by Crippen LogP contribution is -2.41. The summed E-state index contributed by atoms with van der Waals surface area (Å²) < 4.78 is 37.0. The first-order chi connectivity index (χ1) is 12.6. The molecule has 0 saturated carbocycles. The number of likely N-dealkylation sites (N-methyl/N-ethyl adjacent to an activating group) is 1.